The molecule has 0 radical (unpaired) electrons. The SMILES string of the molecule is CNC(=O)[C@@](C)(C(=O)NO)N(C)C(=O)c1ccc(C#Cc2ccc(CC(O)CO)cc2)cc1. The van der Waals surface area contributed by atoms with Gasteiger partial charge in [0.1, 0.15) is 0 Å². The van der Waals surface area contributed by atoms with Crippen LogP contribution >= 0.6 is 0 Å². The van der Waals surface area contributed by atoms with Crippen molar-refractivity contribution in [3.05, 3.63) is 70.8 Å². The molecule has 2 atom stereocenters. The molecule has 5 N–H and O–H groups in total. The van der Waals surface area contributed by atoms with E-state index in [0.29, 0.717) is 12.0 Å². The Morgan fingerprint density at radius 1 is 1.00 bits per heavy atom. The molecule has 2 aromatic carbocycles. The Morgan fingerprint density at radius 2 is 1.52 bits per heavy atom. The van der Waals surface area contributed by atoms with Crippen LogP contribution in [-0.2, 0) is 16.0 Å². The molecule has 0 aliphatic heterocycles. The highest BCUT2D eigenvalue weighted by Crippen LogP contribution is 2.18. The topological polar surface area (TPSA) is 139 Å². The van der Waals surface area contributed by atoms with Crippen LogP contribution < -0.4 is 10.8 Å². The van der Waals surface area contributed by atoms with Crippen molar-refractivity contribution in [2.24, 2.45) is 0 Å². The van der Waals surface area contributed by atoms with Gasteiger partial charge in [-0.25, -0.2) is 5.48 Å². The van der Waals surface area contributed by atoms with Gasteiger partial charge >= 0.3 is 0 Å². The Hall–Kier alpha value is -3.71. The third-order valence-corrected chi connectivity index (χ3v) is 5.31. The van der Waals surface area contributed by atoms with Crippen LogP contribution in [0.3, 0.4) is 0 Å². The maximum atomic E-state index is 12.9. The molecule has 1 unspecified atom stereocenters. The second kappa shape index (κ2) is 11.2. The molecule has 0 saturated heterocycles. The number of rotatable bonds is 7. The van der Waals surface area contributed by atoms with Crippen molar-refractivity contribution in [2.45, 2.75) is 25.0 Å². The highest BCUT2D eigenvalue weighted by molar-refractivity contribution is 6.12. The van der Waals surface area contributed by atoms with Crippen LogP contribution in [-0.4, -0.2) is 70.4 Å². The Bertz CT molecular complexity index is 1040. The Labute approximate surface area is 192 Å². The van der Waals surface area contributed by atoms with E-state index in [4.69, 9.17) is 10.3 Å². The van der Waals surface area contributed by atoms with Crippen molar-refractivity contribution >= 4 is 17.7 Å². The second-order valence-electron chi connectivity index (χ2n) is 7.52. The number of hydrogen-bond donors (Lipinski definition) is 5. The Balaban J connectivity index is 2.16. The minimum Gasteiger partial charge on any atom is -0.394 e. The third kappa shape index (κ3) is 5.96. The number of benzene rings is 2. The lowest BCUT2D eigenvalue weighted by Crippen LogP contribution is -2.64. The summed E-state index contributed by atoms with van der Waals surface area (Å²) < 4.78 is 0. The molecule has 3 amide bonds. The number of carbonyl (C=O) groups is 3. The molecule has 0 heterocycles. The van der Waals surface area contributed by atoms with Crippen LogP contribution in [0.5, 0.6) is 0 Å². The van der Waals surface area contributed by atoms with E-state index in [9.17, 15) is 19.5 Å². The average molecular weight is 453 g/mol. The van der Waals surface area contributed by atoms with Gasteiger partial charge in [-0.2, -0.15) is 0 Å². The predicted molar refractivity (Wildman–Crippen MR) is 120 cm³/mol. The number of aliphatic hydroxyl groups is 2. The summed E-state index contributed by atoms with van der Waals surface area (Å²) in [6.07, 6.45) is -0.443. The fraction of sp³-hybridized carbons (Fsp3) is 0.292. The minimum atomic E-state index is -1.96. The first-order valence-electron chi connectivity index (χ1n) is 10.1. The number of hydrogen-bond acceptors (Lipinski definition) is 6. The highest BCUT2D eigenvalue weighted by atomic mass is 16.5. The lowest BCUT2D eigenvalue weighted by molar-refractivity contribution is -0.148. The molecule has 0 aliphatic carbocycles. The zero-order chi connectivity index (χ0) is 24.6. The average Bonchev–Trinajstić information content (AvgIpc) is 2.85. The number of carbonyl (C=O) groups excluding carboxylic acids is 3. The molecular formula is C24H27N3O6. The first-order valence-corrected chi connectivity index (χ1v) is 10.1. The zero-order valence-corrected chi connectivity index (χ0v) is 18.6. The fourth-order valence-corrected chi connectivity index (χ4v) is 3.06. The Kier molecular flexibility index (Phi) is 8.70. The van der Waals surface area contributed by atoms with Crippen molar-refractivity contribution in [1.29, 1.82) is 0 Å². The van der Waals surface area contributed by atoms with Gasteiger partial charge in [-0.15, -0.1) is 0 Å². The van der Waals surface area contributed by atoms with Crippen LogP contribution in [0.1, 0.15) is 34.0 Å². The molecule has 9 nitrogen and oxygen atoms in total. The van der Waals surface area contributed by atoms with Gasteiger partial charge in [-0.1, -0.05) is 24.0 Å². The minimum absolute atomic E-state index is 0.232. The summed E-state index contributed by atoms with van der Waals surface area (Å²) in [6, 6.07) is 13.6. The summed E-state index contributed by atoms with van der Waals surface area (Å²) in [5.74, 6) is 3.60. The first-order chi connectivity index (χ1) is 15.7. The maximum Gasteiger partial charge on any atom is 0.278 e. The van der Waals surface area contributed by atoms with Gasteiger partial charge in [-0.3, -0.25) is 19.6 Å². The molecule has 0 spiro atoms. The van der Waals surface area contributed by atoms with Gasteiger partial charge in [0.15, 0.2) is 5.54 Å². The highest BCUT2D eigenvalue weighted by Gasteiger charge is 2.47. The van der Waals surface area contributed by atoms with E-state index in [1.807, 2.05) is 24.3 Å². The lowest BCUT2D eigenvalue weighted by atomic mass is 9.96. The van der Waals surface area contributed by atoms with Crippen molar-refractivity contribution in [1.82, 2.24) is 15.7 Å². The number of likely N-dealkylation sites (N-methyl/N-ethyl adjacent to an activating group) is 2. The quantitative estimate of drug-likeness (QED) is 0.174. The summed E-state index contributed by atoms with van der Waals surface area (Å²) in [5.41, 5.74) is 1.99. The van der Waals surface area contributed by atoms with Crippen LogP contribution in [0.25, 0.3) is 0 Å². The number of hydroxylamine groups is 1. The van der Waals surface area contributed by atoms with Crippen LogP contribution in [0.15, 0.2) is 48.5 Å². The predicted octanol–water partition coefficient (Wildman–Crippen LogP) is 0.0642. The maximum absolute atomic E-state index is 12.9. The van der Waals surface area contributed by atoms with Gasteiger partial charge in [-0.05, 0) is 48.9 Å². The standard InChI is InChI=1S/C24H27N3O6/c1-24(22(31)25-2,23(32)26-33)27(3)21(30)19-12-10-17(11-13-19)5-4-16-6-8-18(9-7-16)14-20(29)15-28/h6-13,20,28-29,33H,14-15H2,1-3H3,(H,25,31)(H,26,32)/t20?,24-/m0/s1. The van der Waals surface area contributed by atoms with E-state index in [2.05, 4.69) is 17.2 Å². The largest absolute Gasteiger partial charge is 0.394 e. The van der Waals surface area contributed by atoms with Crippen molar-refractivity contribution in [2.75, 3.05) is 20.7 Å². The molecule has 0 aromatic heterocycles. The van der Waals surface area contributed by atoms with Crippen LogP contribution in [0, 0.1) is 11.8 Å². The van der Waals surface area contributed by atoms with E-state index < -0.39 is 29.4 Å². The number of amides is 3. The normalized spacial score (nSPS) is 13.0. The van der Waals surface area contributed by atoms with E-state index in [1.165, 1.54) is 38.6 Å². The van der Waals surface area contributed by atoms with Crippen LogP contribution in [0.4, 0.5) is 0 Å². The van der Waals surface area contributed by atoms with Gasteiger partial charge in [0.2, 0.25) is 0 Å². The Morgan fingerprint density at radius 3 is 1.97 bits per heavy atom. The molecule has 0 saturated carbocycles. The summed E-state index contributed by atoms with van der Waals surface area (Å²) in [5, 5.41) is 29.7. The number of nitrogens with one attached hydrogen (secondary N) is 2. The zero-order valence-electron chi connectivity index (χ0n) is 18.6. The van der Waals surface area contributed by atoms with Crippen molar-refractivity contribution in [3.63, 3.8) is 0 Å². The molecule has 2 rings (SSSR count). The first kappa shape index (κ1) is 25.5. The molecule has 33 heavy (non-hydrogen) atoms. The number of aliphatic hydroxyl groups excluding tert-OH is 2. The van der Waals surface area contributed by atoms with Gasteiger partial charge in [0.05, 0.1) is 12.7 Å². The molecule has 0 bridgehead atoms. The molecule has 9 heteroatoms. The second-order valence-corrected chi connectivity index (χ2v) is 7.52. The smallest absolute Gasteiger partial charge is 0.278 e. The summed E-state index contributed by atoms with van der Waals surface area (Å²) >= 11 is 0. The van der Waals surface area contributed by atoms with Crippen molar-refractivity contribution < 1.29 is 29.8 Å². The summed E-state index contributed by atoms with van der Waals surface area (Å²) in [7, 11) is 2.62. The van der Waals surface area contributed by atoms with E-state index in [0.717, 1.165) is 16.0 Å². The van der Waals surface area contributed by atoms with Gasteiger partial charge in [0.25, 0.3) is 17.7 Å². The fourth-order valence-electron chi connectivity index (χ4n) is 3.06. The van der Waals surface area contributed by atoms with Crippen LogP contribution in [0.2, 0.25) is 0 Å². The summed E-state index contributed by atoms with van der Waals surface area (Å²) in [6.45, 7) is 0.931. The van der Waals surface area contributed by atoms with E-state index in [-0.39, 0.29) is 12.2 Å². The van der Waals surface area contributed by atoms with Gasteiger partial charge in [0, 0.05) is 37.2 Å². The molecule has 0 aliphatic rings. The van der Waals surface area contributed by atoms with Gasteiger partial charge < -0.3 is 20.4 Å². The van der Waals surface area contributed by atoms with E-state index >= 15 is 0 Å². The molecule has 2 aromatic rings. The lowest BCUT2D eigenvalue weighted by Gasteiger charge is -2.34. The third-order valence-electron chi connectivity index (χ3n) is 5.31. The molecule has 0 fully saturated rings. The summed E-state index contributed by atoms with van der Waals surface area (Å²) in [4.78, 5) is 38.2. The van der Waals surface area contributed by atoms with Crippen molar-refractivity contribution in [3.8, 4) is 11.8 Å². The monoisotopic (exact) mass is 453 g/mol. The van der Waals surface area contributed by atoms with E-state index in [1.54, 1.807) is 12.1 Å². The number of nitrogens with zero attached hydrogens (tertiary/aromatic N) is 1. The molecule has 174 valence electrons. The molecular weight excluding hydrogens is 426 g/mol.